The highest BCUT2D eigenvalue weighted by molar-refractivity contribution is 5.94. The molecule has 3 N–H and O–H groups in total. The first-order valence-corrected chi connectivity index (χ1v) is 8.58. The SMILES string of the molecule is C#Cc1cnc(-c2ccc(C)c(C([NH])=O)c2)nc1Nc1cc(C2CC2)[nH]n1. The lowest BCUT2D eigenvalue weighted by atomic mass is 10.0. The number of nitrogens with one attached hydrogen (secondary N) is 3. The second-order valence-corrected chi connectivity index (χ2v) is 6.57. The van der Waals surface area contributed by atoms with Crippen LogP contribution in [0.15, 0.2) is 30.5 Å². The van der Waals surface area contributed by atoms with Crippen LogP contribution in [0.2, 0.25) is 0 Å². The third kappa shape index (κ3) is 3.37. The molecule has 0 unspecified atom stereocenters. The summed E-state index contributed by atoms with van der Waals surface area (Å²) in [6, 6.07) is 7.18. The van der Waals surface area contributed by atoms with Gasteiger partial charge in [-0.05, 0) is 31.4 Å². The number of hydrogen-bond acceptors (Lipinski definition) is 5. The van der Waals surface area contributed by atoms with Crippen LogP contribution < -0.4 is 11.1 Å². The summed E-state index contributed by atoms with van der Waals surface area (Å²) in [6.07, 6.45) is 9.49. The van der Waals surface area contributed by atoms with E-state index in [0.717, 1.165) is 11.3 Å². The Morgan fingerprint density at radius 2 is 2.19 bits per heavy atom. The predicted molar refractivity (Wildman–Crippen MR) is 101 cm³/mol. The van der Waals surface area contributed by atoms with Crippen LogP contribution >= 0.6 is 0 Å². The van der Waals surface area contributed by atoms with Gasteiger partial charge in [0.25, 0.3) is 5.91 Å². The van der Waals surface area contributed by atoms with Crippen LogP contribution in [0.5, 0.6) is 0 Å². The van der Waals surface area contributed by atoms with Crippen molar-refractivity contribution in [3.63, 3.8) is 0 Å². The fourth-order valence-electron chi connectivity index (χ4n) is 2.85. The summed E-state index contributed by atoms with van der Waals surface area (Å²) in [4.78, 5) is 20.3. The van der Waals surface area contributed by atoms with Crippen molar-refractivity contribution in [1.29, 1.82) is 0 Å². The second-order valence-electron chi connectivity index (χ2n) is 6.57. The third-order valence-electron chi connectivity index (χ3n) is 4.55. The van der Waals surface area contributed by atoms with E-state index in [4.69, 9.17) is 12.2 Å². The summed E-state index contributed by atoms with van der Waals surface area (Å²) in [6.45, 7) is 1.79. The Morgan fingerprint density at radius 1 is 1.37 bits per heavy atom. The Kier molecular flexibility index (Phi) is 4.09. The van der Waals surface area contributed by atoms with Crippen molar-refractivity contribution in [1.82, 2.24) is 25.9 Å². The summed E-state index contributed by atoms with van der Waals surface area (Å²) in [5, 5.41) is 10.4. The van der Waals surface area contributed by atoms with Gasteiger partial charge in [-0.2, -0.15) is 5.10 Å². The van der Waals surface area contributed by atoms with Gasteiger partial charge < -0.3 is 5.32 Å². The molecule has 1 amide bonds. The average Bonchev–Trinajstić information content (AvgIpc) is 3.41. The maximum Gasteiger partial charge on any atom is 0.269 e. The molecule has 1 saturated carbocycles. The minimum Gasteiger partial charge on any atom is -0.322 e. The summed E-state index contributed by atoms with van der Waals surface area (Å²) in [5.41, 5.74) is 10.7. The number of nitrogens with zero attached hydrogens (tertiary/aromatic N) is 3. The molecule has 27 heavy (non-hydrogen) atoms. The number of benzene rings is 1. The number of aromatic amines is 1. The van der Waals surface area contributed by atoms with Gasteiger partial charge in [-0.1, -0.05) is 18.1 Å². The number of H-pyrrole nitrogens is 1. The number of aromatic nitrogens is 4. The smallest absolute Gasteiger partial charge is 0.269 e. The molecule has 0 saturated heterocycles. The van der Waals surface area contributed by atoms with Crippen LogP contribution in [0.1, 0.15) is 45.9 Å². The van der Waals surface area contributed by atoms with Crippen LogP contribution in [0.3, 0.4) is 0 Å². The molecule has 7 nitrogen and oxygen atoms in total. The highest BCUT2D eigenvalue weighted by Gasteiger charge is 2.25. The highest BCUT2D eigenvalue weighted by Crippen LogP contribution is 2.39. The molecule has 1 radical (unpaired) electrons. The topological polar surface area (TPSA) is 107 Å². The van der Waals surface area contributed by atoms with Crippen molar-refractivity contribution in [3.8, 4) is 23.7 Å². The number of rotatable bonds is 5. The van der Waals surface area contributed by atoms with E-state index in [9.17, 15) is 4.79 Å². The maximum atomic E-state index is 11.5. The molecule has 1 aliphatic rings. The molecule has 2 aromatic heterocycles. The first-order chi connectivity index (χ1) is 13.0. The maximum absolute atomic E-state index is 11.5. The quantitative estimate of drug-likeness (QED) is 0.682. The molecule has 0 spiro atoms. The Balaban J connectivity index is 1.69. The molecule has 0 aliphatic heterocycles. The number of hydrogen-bond donors (Lipinski definition) is 2. The van der Waals surface area contributed by atoms with Gasteiger partial charge in [-0.3, -0.25) is 15.6 Å². The first kappa shape index (κ1) is 16.8. The highest BCUT2D eigenvalue weighted by atomic mass is 16.1. The lowest BCUT2D eigenvalue weighted by molar-refractivity contribution is 0.0991. The van der Waals surface area contributed by atoms with Gasteiger partial charge in [-0.25, -0.2) is 9.97 Å². The Bertz CT molecular complexity index is 1070. The van der Waals surface area contributed by atoms with E-state index >= 15 is 0 Å². The zero-order valence-electron chi connectivity index (χ0n) is 14.7. The minimum absolute atomic E-state index is 0.327. The lowest BCUT2D eigenvalue weighted by Gasteiger charge is -2.09. The van der Waals surface area contributed by atoms with Crippen LogP contribution in [-0.4, -0.2) is 26.1 Å². The number of terminal acetylenes is 1. The van der Waals surface area contributed by atoms with E-state index in [1.54, 1.807) is 25.3 Å². The van der Waals surface area contributed by atoms with Gasteiger partial charge in [0.2, 0.25) is 0 Å². The van der Waals surface area contributed by atoms with Gasteiger partial charge in [0.1, 0.15) is 0 Å². The number of aryl methyl sites for hydroxylation is 1. The van der Waals surface area contributed by atoms with Gasteiger partial charge in [-0.15, -0.1) is 6.42 Å². The van der Waals surface area contributed by atoms with Crippen molar-refractivity contribution < 1.29 is 4.79 Å². The summed E-state index contributed by atoms with van der Waals surface area (Å²) < 4.78 is 0. The monoisotopic (exact) mass is 357 g/mol. The zero-order valence-corrected chi connectivity index (χ0v) is 14.7. The van der Waals surface area contributed by atoms with E-state index in [1.165, 1.54) is 12.8 Å². The predicted octanol–water partition coefficient (Wildman–Crippen LogP) is 3.20. The normalized spacial score (nSPS) is 13.2. The van der Waals surface area contributed by atoms with E-state index in [-0.39, 0.29) is 0 Å². The molecule has 2 heterocycles. The van der Waals surface area contributed by atoms with E-state index < -0.39 is 5.91 Å². The number of carbonyl (C=O) groups excluding carboxylic acids is 1. The Hall–Kier alpha value is -3.66. The third-order valence-corrected chi connectivity index (χ3v) is 4.55. The fraction of sp³-hybridized carbons (Fsp3) is 0.200. The van der Waals surface area contributed by atoms with E-state index in [1.807, 2.05) is 12.1 Å². The molecule has 4 rings (SSSR count). The number of carbonyl (C=O) groups is 1. The molecule has 1 aliphatic carbocycles. The van der Waals surface area contributed by atoms with E-state index in [0.29, 0.717) is 40.1 Å². The van der Waals surface area contributed by atoms with Crippen molar-refractivity contribution >= 4 is 17.5 Å². The largest absolute Gasteiger partial charge is 0.322 e. The summed E-state index contributed by atoms with van der Waals surface area (Å²) in [7, 11) is 0. The number of anilines is 2. The second kappa shape index (κ2) is 6.57. The Labute approximate surface area is 156 Å². The van der Waals surface area contributed by atoms with Gasteiger partial charge in [0, 0.05) is 35.0 Å². The molecular formula is C20H17N6O. The first-order valence-electron chi connectivity index (χ1n) is 8.58. The zero-order chi connectivity index (χ0) is 19.0. The Morgan fingerprint density at radius 3 is 2.89 bits per heavy atom. The van der Waals surface area contributed by atoms with Crippen LogP contribution in [-0.2, 0) is 0 Å². The molecule has 133 valence electrons. The minimum atomic E-state index is -0.739. The van der Waals surface area contributed by atoms with E-state index in [2.05, 4.69) is 31.4 Å². The molecular weight excluding hydrogens is 340 g/mol. The summed E-state index contributed by atoms with van der Waals surface area (Å²) >= 11 is 0. The van der Waals surface area contributed by atoms with Gasteiger partial charge in [0.05, 0.1) is 5.56 Å². The molecule has 0 bridgehead atoms. The molecule has 3 aromatic rings. The molecule has 0 atom stereocenters. The number of amides is 1. The molecule has 1 aromatic carbocycles. The standard InChI is InChI=1S/C20H17N6O/c1-3-12-10-22-19(14-5-4-11(2)15(8-14)18(21)27)24-20(12)23-17-9-16(25-26-17)13-6-7-13/h1,4-5,8-10,13,21H,6-7H2,2H3,(H2,22,23,24,25,26). The van der Waals surface area contributed by atoms with Crippen LogP contribution in [0.4, 0.5) is 11.6 Å². The van der Waals surface area contributed by atoms with Crippen molar-refractivity contribution in [3.05, 3.63) is 52.8 Å². The summed E-state index contributed by atoms with van der Waals surface area (Å²) in [5.74, 6) is 3.92. The fourth-order valence-corrected chi connectivity index (χ4v) is 2.85. The molecule has 7 heteroatoms. The van der Waals surface area contributed by atoms with Crippen molar-refractivity contribution in [2.75, 3.05) is 5.32 Å². The lowest BCUT2D eigenvalue weighted by Crippen LogP contribution is -2.04. The van der Waals surface area contributed by atoms with Crippen molar-refractivity contribution in [2.45, 2.75) is 25.7 Å². The van der Waals surface area contributed by atoms with Gasteiger partial charge >= 0.3 is 0 Å². The van der Waals surface area contributed by atoms with Crippen LogP contribution in [0, 0.1) is 19.3 Å². The van der Waals surface area contributed by atoms with Crippen LogP contribution in [0.25, 0.3) is 11.4 Å². The average molecular weight is 357 g/mol. The molecule has 1 fully saturated rings. The van der Waals surface area contributed by atoms with Gasteiger partial charge in [0.15, 0.2) is 17.5 Å². The van der Waals surface area contributed by atoms with Crippen molar-refractivity contribution in [2.24, 2.45) is 0 Å².